The van der Waals surface area contributed by atoms with Gasteiger partial charge in [0.1, 0.15) is 11.3 Å². The monoisotopic (exact) mass is 446 g/mol. The maximum atomic E-state index is 11.6. The van der Waals surface area contributed by atoms with Gasteiger partial charge in [0.05, 0.1) is 7.11 Å². The summed E-state index contributed by atoms with van der Waals surface area (Å²) in [5.74, 6) is 1.24. The summed E-state index contributed by atoms with van der Waals surface area (Å²) in [7, 11) is 1.71. The molecule has 7 nitrogen and oxygen atoms in total. The molecule has 0 atom stereocenters. The summed E-state index contributed by atoms with van der Waals surface area (Å²) in [5.41, 5.74) is 9.98. The molecule has 1 aliphatic heterocycles. The van der Waals surface area contributed by atoms with Crippen LogP contribution in [0.15, 0.2) is 47.0 Å². The molecule has 2 aromatic heterocycles. The van der Waals surface area contributed by atoms with Crippen molar-refractivity contribution in [3.8, 4) is 5.75 Å². The van der Waals surface area contributed by atoms with E-state index in [1.54, 1.807) is 13.2 Å². The lowest BCUT2D eigenvalue weighted by Crippen LogP contribution is -2.35. The van der Waals surface area contributed by atoms with Crippen LogP contribution >= 0.6 is 0 Å². The molecule has 1 amide bonds. The second-order valence-corrected chi connectivity index (χ2v) is 8.74. The van der Waals surface area contributed by atoms with E-state index in [1.165, 1.54) is 0 Å². The Morgan fingerprint density at radius 1 is 1.21 bits per heavy atom. The minimum absolute atomic E-state index is 0.386. The van der Waals surface area contributed by atoms with E-state index in [4.69, 9.17) is 14.9 Å². The molecule has 7 heteroatoms. The van der Waals surface area contributed by atoms with Gasteiger partial charge in [0, 0.05) is 54.9 Å². The second kappa shape index (κ2) is 8.90. The quantitative estimate of drug-likeness (QED) is 0.457. The van der Waals surface area contributed by atoms with Gasteiger partial charge in [-0.3, -0.25) is 4.79 Å². The molecule has 0 saturated carbocycles. The molecule has 2 aromatic carbocycles. The van der Waals surface area contributed by atoms with E-state index in [-0.39, 0.29) is 5.91 Å². The first kappa shape index (κ1) is 21.5. The third kappa shape index (κ3) is 4.09. The van der Waals surface area contributed by atoms with Crippen molar-refractivity contribution in [3.05, 3.63) is 59.6 Å². The predicted octanol–water partition coefficient (Wildman–Crippen LogP) is 4.33. The lowest BCUT2D eigenvalue weighted by atomic mass is 10.0. The number of carbonyl (C=O) groups excluding carboxylic acids is 1. The second-order valence-electron chi connectivity index (χ2n) is 8.74. The van der Waals surface area contributed by atoms with Crippen LogP contribution in [-0.4, -0.2) is 47.1 Å². The molecular weight excluding hydrogens is 416 g/mol. The largest absolute Gasteiger partial charge is 0.496 e. The highest BCUT2D eigenvalue weighted by atomic mass is 16.5. The lowest BCUT2D eigenvalue weighted by molar-refractivity contribution is 0.100. The maximum absolute atomic E-state index is 11.6. The van der Waals surface area contributed by atoms with Crippen LogP contribution in [0.25, 0.3) is 22.0 Å². The van der Waals surface area contributed by atoms with Gasteiger partial charge in [-0.25, -0.2) is 4.98 Å². The molecule has 5 rings (SSSR count). The van der Waals surface area contributed by atoms with Gasteiger partial charge in [0.25, 0.3) is 0 Å². The zero-order valence-corrected chi connectivity index (χ0v) is 19.2. The van der Waals surface area contributed by atoms with Gasteiger partial charge in [-0.05, 0) is 55.0 Å². The molecule has 0 bridgehead atoms. The van der Waals surface area contributed by atoms with Crippen molar-refractivity contribution in [1.29, 1.82) is 0 Å². The summed E-state index contributed by atoms with van der Waals surface area (Å²) in [4.78, 5) is 18.7. The van der Waals surface area contributed by atoms with Crippen LogP contribution in [0.1, 0.15) is 47.6 Å². The molecule has 4 aromatic rings. The Balaban J connectivity index is 1.27. The van der Waals surface area contributed by atoms with Crippen molar-refractivity contribution in [2.45, 2.75) is 38.6 Å². The number of fused-ring (bicyclic) bond motifs is 2. The summed E-state index contributed by atoms with van der Waals surface area (Å²) in [6, 6.07) is 12.2. The molecule has 3 heterocycles. The highest BCUT2D eigenvalue weighted by Crippen LogP contribution is 2.31. The number of ether oxygens (including phenoxy) is 1. The van der Waals surface area contributed by atoms with Gasteiger partial charge in [0.2, 0.25) is 5.91 Å². The number of amides is 1. The first-order chi connectivity index (χ1) is 16.1. The number of oxazole rings is 1. The average Bonchev–Trinajstić information content (AvgIpc) is 3.46. The zero-order valence-electron chi connectivity index (χ0n) is 19.2. The molecule has 33 heavy (non-hydrogen) atoms. The van der Waals surface area contributed by atoms with E-state index in [1.807, 2.05) is 24.3 Å². The molecular formula is C26H30N4O3. The van der Waals surface area contributed by atoms with Gasteiger partial charge >= 0.3 is 0 Å². The number of piperidine rings is 1. The summed E-state index contributed by atoms with van der Waals surface area (Å²) in [5, 5.41) is 1.14. The molecule has 0 spiro atoms. The number of hydrogen-bond acceptors (Lipinski definition) is 5. The maximum Gasteiger partial charge on any atom is 0.248 e. The van der Waals surface area contributed by atoms with E-state index in [0.29, 0.717) is 11.6 Å². The van der Waals surface area contributed by atoms with Gasteiger partial charge in [-0.1, -0.05) is 13.0 Å². The van der Waals surface area contributed by atoms with Crippen LogP contribution < -0.4 is 10.5 Å². The van der Waals surface area contributed by atoms with E-state index in [2.05, 4.69) is 33.6 Å². The van der Waals surface area contributed by atoms with Crippen molar-refractivity contribution in [2.75, 3.05) is 26.7 Å². The number of benzene rings is 2. The Labute approximate surface area is 193 Å². The third-order valence-electron chi connectivity index (χ3n) is 6.82. The summed E-state index contributed by atoms with van der Waals surface area (Å²) >= 11 is 0. The number of aromatic nitrogens is 2. The predicted molar refractivity (Wildman–Crippen MR) is 129 cm³/mol. The van der Waals surface area contributed by atoms with Crippen LogP contribution in [0.5, 0.6) is 5.75 Å². The Kier molecular flexibility index (Phi) is 5.81. The minimum atomic E-state index is -0.386. The molecule has 2 N–H and O–H groups in total. The van der Waals surface area contributed by atoms with Crippen molar-refractivity contribution in [3.63, 3.8) is 0 Å². The summed E-state index contributed by atoms with van der Waals surface area (Å²) in [6.45, 7) is 5.04. The van der Waals surface area contributed by atoms with Crippen molar-refractivity contribution >= 4 is 27.9 Å². The Bertz CT molecular complexity index is 1300. The minimum Gasteiger partial charge on any atom is -0.496 e. The van der Waals surface area contributed by atoms with Gasteiger partial charge < -0.3 is 24.4 Å². The number of primary amides is 1. The van der Waals surface area contributed by atoms with Crippen LogP contribution in [-0.2, 0) is 12.8 Å². The van der Waals surface area contributed by atoms with Crippen LogP contribution in [0.2, 0.25) is 0 Å². The zero-order chi connectivity index (χ0) is 22.9. The van der Waals surface area contributed by atoms with Crippen molar-refractivity contribution in [2.24, 2.45) is 5.73 Å². The fraction of sp³-hybridized carbons (Fsp3) is 0.385. The molecule has 1 saturated heterocycles. The highest BCUT2D eigenvalue weighted by Gasteiger charge is 2.23. The number of rotatable bonds is 7. The van der Waals surface area contributed by atoms with Gasteiger partial charge in [-0.2, -0.15) is 0 Å². The number of likely N-dealkylation sites (tertiary alicyclic amines) is 1. The SMILES string of the molecule is CCc1nc2ccc(OC)c(CCN3CCC(n4ccc5ccc(C(N)=O)cc54)CC3)c2o1. The molecule has 0 aliphatic carbocycles. The first-order valence-corrected chi connectivity index (χ1v) is 11.7. The molecule has 1 aliphatic rings. The normalized spacial score (nSPS) is 15.5. The van der Waals surface area contributed by atoms with E-state index < -0.39 is 0 Å². The number of methoxy groups -OCH3 is 1. The number of hydrogen-bond donors (Lipinski definition) is 1. The fourth-order valence-electron chi connectivity index (χ4n) is 4.97. The molecule has 1 fully saturated rings. The Morgan fingerprint density at radius 2 is 2.03 bits per heavy atom. The topological polar surface area (TPSA) is 86.5 Å². The number of nitrogens with zero attached hydrogens (tertiary/aromatic N) is 3. The fourth-order valence-corrected chi connectivity index (χ4v) is 4.97. The molecule has 172 valence electrons. The van der Waals surface area contributed by atoms with Crippen molar-refractivity contribution in [1.82, 2.24) is 14.5 Å². The smallest absolute Gasteiger partial charge is 0.248 e. The number of carbonyl (C=O) groups is 1. The summed E-state index contributed by atoms with van der Waals surface area (Å²) < 4.78 is 14.0. The molecule has 0 radical (unpaired) electrons. The highest BCUT2D eigenvalue weighted by molar-refractivity contribution is 5.97. The Morgan fingerprint density at radius 3 is 2.76 bits per heavy atom. The first-order valence-electron chi connectivity index (χ1n) is 11.7. The standard InChI is InChI=1S/C26H30N4O3/c1-3-24-28-21-6-7-23(32-2)20(25(21)33-24)11-14-29-12-9-19(10-13-29)30-15-8-17-4-5-18(26(27)31)16-22(17)30/h4-8,15-16,19H,3,9-14H2,1-2H3,(H2,27,31). The lowest BCUT2D eigenvalue weighted by Gasteiger charge is -2.33. The van der Waals surface area contributed by atoms with Gasteiger partial charge in [-0.15, -0.1) is 0 Å². The number of aryl methyl sites for hydroxylation is 1. The van der Waals surface area contributed by atoms with E-state index in [0.717, 1.165) is 84.5 Å². The van der Waals surface area contributed by atoms with Crippen LogP contribution in [0, 0.1) is 0 Å². The third-order valence-corrected chi connectivity index (χ3v) is 6.82. The summed E-state index contributed by atoms with van der Waals surface area (Å²) in [6.07, 6.45) is 5.90. The van der Waals surface area contributed by atoms with Crippen LogP contribution in [0.4, 0.5) is 0 Å². The van der Waals surface area contributed by atoms with Crippen molar-refractivity contribution < 1.29 is 13.9 Å². The van der Waals surface area contributed by atoms with E-state index >= 15 is 0 Å². The average molecular weight is 447 g/mol. The van der Waals surface area contributed by atoms with E-state index in [9.17, 15) is 4.79 Å². The Hall–Kier alpha value is -3.32. The number of nitrogens with two attached hydrogens (primary N) is 1. The van der Waals surface area contributed by atoms with Gasteiger partial charge in [0.15, 0.2) is 11.5 Å². The molecule has 0 unspecified atom stereocenters. The van der Waals surface area contributed by atoms with Crippen LogP contribution in [0.3, 0.4) is 0 Å².